The van der Waals surface area contributed by atoms with Crippen LogP contribution in [0, 0.1) is 0 Å². The van der Waals surface area contributed by atoms with Crippen molar-refractivity contribution in [3.8, 4) is 0 Å². The van der Waals surface area contributed by atoms with Crippen molar-refractivity contribution in [3.05, 3.63) is 0 Å². The number of ether oxygens (including phenoxy) is 1. The molecular weight excluding hydrogens is 314 g/mol. The third-order valence-corrected chi connectivity index (χ3v) is 3.27. The summed E-state index contributed by atoms with van der Waals surface area (Å²) in [6.45, 7) is 11.5. The number of carbonyl (C=O) groups is 2. The number of piperazine rings is 1. The van der Waals surface area contributed by atoms with Crippen LogP contribution in [0.2, 0.25) is 0 Å². The zero-order chi connectivity index (χ0) is 18.8. The van der Waals surface area contributed by atoms with Gasteiger partial charge in [-0.2, -0.15) is 0 Å². The normalized spacial score (nSPS) is 17.4. The molecule has 0 unspecified atom stereocenters. The summed E-state index contributed by atoms with van der Waals surface area (Å²) < 4.78 is 4.85. The molecule has 0 aromatic heterocycles. The van der Waals surface area contributed by atoms with Gasteiger partial charge < -0.3 is 31.5 Å². The Kier molecular flexibility index (Phi) is 10.5. The van der Waals surface area contributed by atoms with Crippen LogP contribution in [0.5, 0.6) is 0 Å². The van der Waals surface area contributed by atoms with Crippen LogP contribution in [-0.4, -0.2) is 91.5 Å². The van der Waals surface area contributed by atoms with Crippen molar-refractivity contribution in [2.24, 2.45) is 11.5 Å². The van der Waals surface area contributed by atoms with E-state index in [1.54, 1.807) is 20.8 Å². The summed E-state index contributed by atoms with van der Waals surface area (Å²) in [6, 6.07) is -1.11. The van der Waals surface area contributed by atoms with Crippen molar-refractivity contribution in [2.75, 3.05) is 52.9 Å². The van der Waals surface area contributed by atoms with Crippen LogP contribution in [0.15, 0.2) is 0 Å². The molecule has 1 rings (SSSR count). The number of aliphatic carboxylic acids is 1. The Morgan fingerprint density at radius 3 is 2.12 bits per heavy atom. The van der Waals surface area contributed by atoms with E-state index >= 15 is 0 Å². The Labute approximate surface area is 144 Å². The molecular formula is C15H33N5O4. The van der Waals surface area contributed by atoms with Gasteiger partial charge in [0.15, 0.2) is 0 Å². The second-order valence-electron chi connectivity index (χ2n) is 6.71. The fourth-order valence-corrected chi connectivity index (χ4v) is 1.93. The maximum absolute atomic E-state index is 11.1. The van der Waals surface area contributed by atoms with E-state index in [0.717, 1.165) is 13.1 Å². The van der Waals surface area contributed by atoms with Crippen LogP contribution in [0.4, 0.5) is 4.79 Å². The zero-order valence-corrected chi connectivity index (χ0v) is 15.2. The van der Waals surface area contributed by atoms with Gasteiger partial charge in [-0.3, -0.25) is 4.90 Å². The Hall–Kier alpha value is -1.42. The number of rotatable bonds is 5. The molecule has 0 bridgehead atoms. The fourth-order valence-electron chi connectivity index (χ4n) is 1.93. The lowest BCUT2D eigenvalue weighted by atomic mass is 10.2. The number of alkyl carbamates (subject to hydrolysis) is 1. The fraction of sp³-hybridized carbons (Fsp3) is 0.867. The highest BCUT2D eigenvalue weighted by atomic mass is 16.6. The summed E-state index contributed by atoms with van der Waals surface area (Å²) in [6.07, 6.45) is -0.782. The molecule has 0 aromatic carbocycles. The van der Waals surface area contributed by atoms with Gasteiger partial charge in [0.2, 0.25) is 0 Å². The van der Waals surface area contributed by atoms with E-state index in [1.165, 1.54) is 26.2 Å². The van der Waals surface area contributed by atoms with Gasteiger partial charge in [-0.15, -0.1) is 0 Å². The van der Waals surface area contributed by atoms with E-state index in [9.17, 15) is 9.59 Å². The zero-order valence-electron chi connectivity index (χ0n) is 15.2. The maximum Gasteiger partial charge on any atom is 0.408 e. The first kappa shape index (κ1) is 22.6. The average molecular weight is 347 g/mol. The van der Waals surface area contributed by atoms with Gasteiger partial charge in [-0.05, 0) is 27.8 Å². The summed E-state index contributed by atoms with van der Waals surface area (Å²) in [5.74, 6) is -1.18. The van der Waals surface area contributed by atoms with Gasteiger partial charge >= 0.3 is 12.1 Å². The van der Waals surface area contributed by atoms with E-state index in [4.69, 9.17) is 21.3 Å². The van der Waals surface area contributed by atoms with Crippen LogP contribution in [0.1, 0.15) is 20.8 Å². The highest BCUT2D eigenvalue weighted by molar-refractivity contribution is 5.80. The molecule has 6 N–H and O–H groups in total. The van der Waals surface area contributed by atoms with Crippen LogP contribution in [-0.2, 0) is 9.53 Å². The third kappa shape index (κ3) is 11.2. The molecule has 1 heterocycles. The predicted molar refractivity (Wildman–Crippen MR) is 92.8 cm³/mol. The van der Waals surface area contributed by atoms with Crippen molar-refractivity contribution in [1.29, 1.82) is 0 Å². The summed E-state index contributed by atoms with van der Waals surface area (Å²) >= 11 is 0. The van der Waals surface area contributed by atoms with Crippen molar-refractivity contribution < 1.29 is 19.4 Å². The van der Waals surface area contributed by atoms with E-state index in [0.29, 0.717) is 0 Å². The Balaban J connectivity index is 0.000000463. The number of amides is 1. The van der Waals surface area contributed by atoms with E-state index in [2.05, 4.69) is 22.2 Å². The number of nitrogens with one attached hydrogen (secondary N) is 1. The molecule has 0 radical (unpaired) electrons. The van der Waals surface area contributed by atoms with Crippen molar-refractivity contribution in [2.45, 2.75) is 32.4 Å². The lowest BCUT2D eigenvalue weighted by molar-refractivity contribution is -0.139. The molecule has 9 nitrogen and oxygen atoms in total. The summed E-state index contributed by atoms with van der Waals surface area (Å²) in [4.78, 5) is 26.3. The molecule has 0 aliphatic carbocycles. The highest BCUT2D eigenvalue weighted by Gasteiger charge is 2.22. The molecule has 0 spiro atoms. The maximum atomic E-state index is 11.1. The van der Waals surface area contributed by atoms with E-state index < -0.39 is 23.7 Å². The Bertz CT molecular complexity index is 379. The minimum atomic E-state index is -1.18. The number of nitrogens with zero attached hydrogens (tertiary/aromatic N) is 2. The number of nitrogens with two attached hydrogens (primary N) is 2. The number of hydrogen-bond acceptors (Lipinski definition) is 7. The first-order valence-electron chi connectivity index (χ1n) is 8.12. The minimum absolute atomic E-state index is 0.172. The van der Waals surface area contributed by atoms with E-state index in [1.807, 2.05) is 0 Å². The molecule has 24 heavy (non-hydrogen) atoms. The molecule has 0 saturated carbocycles. The largest absolute Gasteiger partial charge is 0.480 e. The Morgan fingerprint density at radius 2 is 1.75 bits per heavy atom. The van der Waals surface area contributed by atoms with Crippen molar-refractivity contribution in [3.63, 3.8) is 0 Å². The van der Waals surface area contributed by atoms with Crippen molar-refractivity contribution in [1.82, 2.24) is 15.1 Å². The molecule has 1 aliphatic heterocycles. The lowest BCUT2D eigenvalue weighted by Gasteiger charge is -2.31. The van der Waals surface area contributed by atoms with Gasteiger partial charge in [0.1, 0.15) is 11.6 Å². The van der Waals surface area contributed by atoms with Crippen LogP contribution in [0.3, 0.4) is 0 Å². The van der Waals surface area contributed by atoms with Crippen molar-refractivity contribution >= 4 is 12.1 Å². The highest BCUT2D eigenvalue weighted by Crippen LogP contribution is 2.06. The Morgan fingerprint density at radius 1 is 1.21 bits per heavy atom. The number of likely N-dealkylation sites (N-methyl/N-ethyl adjacent to an activating group) is 1. The summed E-state index contributed by atoms with van der Waals surface area (Å²) in [7, 11) is 2.17. The second kappa shape index (κ2) is 11.2. The molecule has 1 fully saturated rings. The number of carboxylic acid groups (broad SMARTS) is 1. The molecule has 9 heteroatoms. The third-order valence-electron chi connectivity index (χ3n) is 3.27. The average Bonchev–Trinajstić information content (AvgIpc) is 2.46. The van der Waals surface area contributed by atoms with E-state index in [-0.39, 0.29) is 6.54 Å². The first-order chi connectivity index (χ1) is 11.1. The summed E-state index contributed by atoms with van der Waals surface area (Å²) in [5, 5.41) is 10.7. The van der Waals surface area contributed by atoms with Gasteiger partial charge in [0.05, 0.1) is 0 Å². The first-order valence-corrected chi connectivity index (χ1v) is 8.12. The molecule has 1 saturated heterocycles. The number of carbonyl (C=O) groups excluding carboxylic acids is 1. The summed E-state index contributed by atoms with van der Waals surface area (Å²) in [5.41, 5.74) is 9.92. The SMILES string of the molecule is CC(C)(C)OC(=O)N[C@@H](CN)C(=O)O.CN1CCN(CCN)CC1. The van der Waals surface area contributed by atoms with Crippen LogP contribution in [0.25, 0.3) is 0 Å². The number of carboxylic acids is 1. The van der Waals surface area contributed by atoms with Crippen LogP contribution < -0.4 is 16.8 Å². The van der Waals surface area contributed by atoms with Gasteiger partial charge in [0, 0.05) is 45.8 Å². The molecule has 142 valence electrons. The topological polar surface area (TPSA) is 134 Å². The smallest absolute Gasteiger partial charge is 0.408 e. The number of hydrogen-bond donors (Lipinski definition) is 4. The minimum Gasteiger partial charge on any atom is -0.480 e. The molecule has 1 amide bonds. The molecule has 0 aromatic rings. The predicted octanol–water partition coefficient (Wildman–Crippen LogP) is -0.884. The molecule has 1 aliphatic rings. The van der Waals surface area contributed by atoms with Crippen LogP contribution >= 0.6 is 0 Å². The lowest BCUT2D eigenvalue weighted by Crippen LogP contribution is -2.47. The standard InChI is InChI=1S/C8H16N2O4.C7H17N3/c1-8(2,3)14-7(13)10-5(4-9)6(11)12;1-9-4-6-10(3-2-8)7-5-9/h5H,4,9H2,1-3H3,(H,10,13)(H,11,12);2-8H2,1H3/t5-;/m0./s1. The van der Waals surface area contributed by atoms with Gasteiger partial charge in [-0.1, -0.05) is 0 Å². The second-order valence-corrected chi connectivity index (χ2v) is 6.71. The van der Waals surface area contributed by atoms with Gasteiger partial charge in [-0.25, -0.2) is 9.59 Å². The quantitative estimate of drug-likeness (QED) is 0.503. The molecule has 1 atom stereocenters. The monoisotopic (exact) mass is 347 g/mol. The van der Waals surface area contributed by atoms with Gasteiger partial charge in [0.25, 0.3) is 0 Å².